The summed E-state index contributed by atoms with van der Waals surface area (Å²) >= 11 is 0. The van der Waals surface area contributed by atoms with Gasteiger partial charge in [0.25, 0.3) is 5.91 Å². The molecular formula is C25H26N6O2. The van der Waals surface area contributed by atoms with Gasteiger partial charge < -0.3 is 11.1 Å². The van der Waals surface area contributed by atoms with Crippen LogP contribution in [0.5, 0.6) is 0 Å². The maximum atomic E-state index is 11.4. The monoisotopic (exact) mass is 442 g/mol. The second-order valence-electron chi connectivity index (χ2n) is 7.50. The molecule has 0 saturated heterocycles. The fraction of sp³-hybridized carbons (Fsp3) is 0.160. The van der Waals surface area contributed by atoms with E-state index in [0.717, 1.165) is 35.3 Å². The molecule has 0 unspecified atom stereocenters. The minimum Gasteiger partial charge on any atom is -0.366 e. The number of hydrogen-bond donors (Lipinski definition) is 3. The van der Waals surface area contributed by atoms with Gasteiger partial charge in [-0.15, -0.1) is 0 Å². The van der Waals surface area contributed by atoms with Crippen LogP contribution in [-0.2, 0) is 13.0 Å². The summed E-state index contributed by atoms with van der Waals surface area (Å²) in [5.74, 6) is -0.552. The van der Waals surface area contributed by atoms with Gasteiger partial charge in [0.05, 0.1) is 22.5 Å². The molecule has 0 bridgehead atoms. The molecule has 0 atom stereocenters. The highest BCUT2D eigenvalue weighted by molar-refractivity contribution is 5.98. The minimum absolute atomic E-state index is 0.323. The van der Waals surface area contributed by atoms with Gasteiger partial charge in [0.2, 0.25) is 0 Å². The number of aryl methyl sites for hydroxylation is 1. The Balaban J connectivity index is 0.000000203. The molecule has 0 spiro atoms. The first-order valence-electron chi connectivity index (χ1n) is 10.3. The quantitative estimate of drug-likeness (QED) is 0.298. The molecule has 2 aromatic heterocycles. The Morgan fingerprint density at radius 1 is 1.21 bits per heavy atom. The molecule has 1 amide bonds. The number of aromatic amines is 1. The first kappa shape index (κ1) is 23.5. The van der Waals surface area contributed by atoms with Gasteiger partial charge in [0.15, 0.2) is 0 Å². The number of H-pyrrole nitrogens is 1. The topological polar surface area (TPSA) is 126 Å². The largest absolute Gasteiger partial charge is 0.366 e. The third-order valence-electron chi connectivity index (χ3n) is 5.00. The van der Waals surface area contributed by atoms with Crippen molar-refractivity contribution in [1.82, 2.24) is 20.5 Å². The van der Waals surface area contributed by atoms with E-state index in [1.807, 2.05) is 19.2 Å². The number of amides is 1. The number of nitrogens with one attached hydrogen (secondary N) is 2. The zero-order chi connectivity index (χ0) is 23.8. The molecule has 2 aromatic carbocycles. The lowest BCUT2D eigenvalue weighted by molar-refractivity contribution is 0.100. The van der Waals surface area contributed by atoms with Crippen molar-refractivity contribution in [1.29, 1.82) is 0 Å². The van der Waals surface area contributed by atoms with Crippen molar-refractivity contribution >= 4 is 35.5 Å². The summed E-state index contributed by atoms with van der Waals surface area (Å²) in [5.41, 5.74) is 11.7. The van der Waals surface area contributed by atoms with Gasteiger partial charge in [-0.3, -0.25) is 24.7 Å². The van der Waals surface area contributed by atoms with Crippen molar-refractivity contribution < 1.29 is 9.59 Å². The summed E-state index contributed by atoms with van der Waals surface area (Å²) in [6.07, 6.45) is 2.85. The highest BCUT2D eigenvalue weighted by Crippen LogP contribution is 2.21. The van der Waals surface area contributed by atoms with E-state index in [-0.39, 0.29) is 0 Å². The predicted octanol–water partition coefficient (Wildman–Crippen LogP) is 3.51. The van der Waals surface area contributed by atoms with E-state index in [4.69, 9.17) is 5.73 Å². The van der Waals surface area contributed by atoms with E-state index in [9.17, 15) is 9.59 Å². The Labute approximate surface area is 192 Å². The zero-order valence-electron chi connectivity index (χ0n) is 18.6. The SMILES string of the molecule is C=Nc1ccc(Cc2cc(C=O)ccn2)cc1C(N)=O.CNCc1[nH]nc2ccc(C)cc12. The van der Waals surface area contributed by atoms with E-state index < -0.39 is 5.91 Å². The number of carbonyl (C=O) groups excluding carboxylic acids is 2. The van der Waals surface area contributed by atoms with Gasteiger partial charge in [-0.1, -0.05) is 17.7 Å². The predicted molar refractivity (Wildman–Crippen MR) is 130 cm³/mol. The van der Waals surface area contributed by atoms with Gasteiger partial charge in [0, 0.05) is 35.8 Å². The first-order chi connectivity index (χ1) is 15.9. The van der Waals surface area contributed by atoms with Crippen molar-refractivity contribution in [2.75, 3.05) is 7.05 Å². The molecule has 4 N–H and O–H groups in total. The van der Waals surface area contributed by atoms with Crippen LogP contribution in [0, 0.1) is 6.92 Å². The first-order valence-corrected chi connectivity index (χ1v) is 10.3. The summed E-state index contributed by atoms with van der Waals surface area (Å²) in [5, 5.41) is 11.6. The molecule has 168 valence electrons. The molecule has 0 radical (unpaired) electrons. The van der Waals surface area contributed by atoms with Gasteiger partial charge in [-0.2, -0.15) is 5.10 Å². The van der Waals surface area contributed by atoms with Gasteiger partial charge in [0.1, 0.15) is 6.29 Å². The summed E-state index contributed by atoms with van der Waals surface area (Å²) in [7, 11) is 1.93. The zero-order valence-corrected chi connectivity index (χ0v) is 18.6. The number of rotatable bonds is 7. The highest BCUT2D eigenvalue weighted by Gasteiger charge is 2.09. The van der Waals surface area contributed by atoms with Crippen LogP contribution in [0.3, 0.4) is 0 Å². The molecule has 0 aliphatic carbocycles. The number of fused-ring (bicyclic) bond motifs is 1. The van der Waals surface area contributed by atoms with E-state index in [2.05, 4.69) is 51.3 Å². The molecule has 4 aromatic rings. The Hall–Kier alpha value is -4.17. The van der Waals surface area contributed by atoms with Crippen LogP contribution in [0.15, 0.2) is 59.7 Å². The van der Waals surface area contributed by atoms with E-state index in [1.165, 1.54) is 10.9 Å². The number of carbonyl (C=O) groups is 2. The number of aldehydes is 1. The summed E-state index contributed by atoms with van der Waals surface area (Å²) in [4.78, 5) is 30.0. The van der Waals surface area contributed by atoms with Crippen molar-refractivity contribution in [2.45, 2.75) is 19.9 Å². The summed E-state index contributed by atoms with van der Waals surface area (Å²) in [6.45, 7) is 6.33. The van der Waals surface area contributed by atoms with Crippen molar-refractivity contribution in [3.05, 3.63) is 88.4 Å². The number of benzene rings is 2. The highest BCUT2D eigenvalue weighted by atomic mass is 16.1. The molecular weight excluding hydrogens is 416 g/mol. The smallest absolute Gasteiger partial charge is 0.250 e. The minimum atomic E-state index is -0.552. The molecule has 2 heterocycles. The van der Waals surface area contributed by atoms with Crippen LogP contribution in [-0.4, -0.2) is 41.1 Å². The lowest BCUT2D eigenvalue weighted by atomic mass is 10.0. The number of nitrogens with zero attached hydrogens (tertiary/aromatic N) is 3. The lowest BCUT2D eigenvalue weighted by Gasteiger charge is -2.06. The van der Waals surface area contributed by atoms with E-state index in [1.54, 1.807) is 30.5 Å². The van der Waals surface area contributed by atoms with Crippen LogP contribution in [0.2, 0.25) is 0 Å². The van der Waals surface area contributed by atoms with Crippen LogP contribution < -0.4 is 11.1 Å². The van der Waals surface area contributed by atoms with Crippen LogP contribution >= 0.6 is 0 Å². The summed E-state index contributed by atoms with van der Waals surface area (Å²) in [6, 6.07) is 14.8. The van der Waals surface area contributed by atoms with Crippen molar-refractivity contribution in [3.63, 3.8) is 0 Å². The van der Waals surface area contributed by atoms with Gasteiger partial charge in [-0.25, -0.2) is 0 Å². The van der Waals surface area contributed by atoms with E-state index >= 15 is 0 Å². The second kappa shape index (κ2) is 10.9. The molecule has 0 saturated carbocycles. The molecule has 4 rings (SSSR count). The third-order valence-corrected chi connectivity index (χ3v) is 5.00. The Morgan fingerprint density at radius 2 is 2.03 bits per heavy atom. The molecule has 0 aliphatic rings. The summed E-state index contributed by atoms with van der Waals surface area (Å²) < 4.78 is 0. The Kier molecular flexibility index (Phi) is 7.77. The number of aromatic nitrogens is 3. The van der Waals surface area contributed by atoms with Crippen molar-refractivity contribution in [3.8, 4) is 0 Å². The molecule has 33 heavy (non-hydrogen) atoms. The number of hydrogen-bond acceptors (Lipinski definition) is 6. The number of pyridine rings is 1. The number of primary amides is 1. The number of aliphatic imine (C=N–C) groups is 1. The average molecular weight is 443 g/mol. The molecule has 8 nitrogen and oxygen atoms in total. The van der Waals surface area contributed by atoms with Crippen LogP contribution in [0.25, 0.3) is 10.9 Å². The Bertz CT molecular complexity index is 1300. The van der Waals surface area contributed by atoms with Gasteiger partial charge >= 0.3 is 0 Å². The lowest BCUT2D eigenvalue weighted by Crippen LogP contribution is -2.11. The van der Waals surface area contributed by atoms with Crippen LogP contribution in [0.4, 0.5) is 5.69 Å². The van der Waals surface area contributed by atoms with E-state index in [0.29, 0.717) is 23.2 Å². The fourth-order valence-corrected chi connectivity index (χ4v) is 3.39. The molecule has 0 aliphatic heterocycles. The molecule has 0 fully saturated rings. The fourth-order valence-electron chi connectivity index (χ4n) is 3.39. The molecule has 8 heteroatoms. The Morgan fingerprint density at radius 3 is 2.73 bits per heavy atom. The standard InChI is InChI=1S/C15H13N3O2.C10H13N3/c1-17-14-3-2-10(8-13(14)15(16)20)6-12-7-11(9-19)4-5-18-12;1-7-3-4-9-8(5-7)10(6-11-2)13-12-9/h2-5,7-9H,1,6H2,(H2,16,20);3-5,11H,6H2,1-2H3,(H,12,13). The maximum Gasteiger partial charge on any atom is 0.250 e. The third kappa shape index (κ3) is 5.96. The van der Waals surface area contributed by atoms with Crippen molar-refractivity contribution in [2.24, 2.45) is 10.7 Å². The average Bonchev–Trinajstić information content (AvgIpc) is 3.21. The number of nitrogens with two attached hydrogens (primary N) is 1. The van der Waals surface area contributed by atoms with Gasteiger partial charge in [-0.05, 0) is 62.7 Å². The van der Waals surface area contributed by atoms with Crippen LogP contribution in [0.1, 0.15) is 43.2 Å². The maximum absolute atomic E-state index is 11.4. The second-order valence-corrected chi connectivity index (χ2v) is 7.50. The normalized spacial score (nSPS) is 10.4.